The Morgan fingerprint density at radius 3 is 2.50 bits per heavy atom. The number of aliphatic hydroxyl groups is 1. The van der Waals surface area contributed by atoms with Crippen LogP contribution in [0.2, 0.25) is 0 Å². The first-order chi connectivity index (χ1) is 13.6. The van der Waals surface area contributed by atoms with Crippen molar-refractivity contribution >= 4 is 17.3 Å². The summed E-state index contributed by atoms with van der Waals surface area (Å²) in [7, 11) is 0. The largest absolute Gasteiger partial charge is 0.481 e. The lowest BCUT2D eigenvalue weighted by Crippen LogP contribution is -2.28. The minimum Gasteiger partial charge on any atom is -0.481 e. The van der Waals surface area contributed by atoms with Crippen LogP contribution < -0.4 is 0 Å². The van der Waals surface area contributed by atoms with Crippen molar-refractivity contribution in [3.05, 3.63) is 76.9 Å². The van der Waals surface area contributed by atoms with Gasteiger partial charge < -0.3 is 10.2 Å². The molecule has 5 heteroatoms. The summed E-state index contributed by atoms with van der Waals surface area (Å²) in [6.07, 6.45) is 7.71. The van der Waals surface area contributed by atoms with E-state index in [1.165, 1.54) is 27.1 Å². The Morgan fingerprint density at radius 1 is 1.07 bits per heavy atom. The van der Waals surface area contributed by atoms with Gasteiger partial charge in [-0.1, -0.05) is 24.3 Å². The number of pyridine rings is 1. The molecular weight excluding hydrogens is 370 g/mol. The second-order valence-electron chi connectivity index (χ2n) is 7.02. The van der Waals surface area contributed by atoms with Crippen LogP contribution in [0.15, 0.2) is 60.2 Å². The van der Waals surface area contributed by atoms with Gasteiger partial charge in [-0.15, -0.1) is 11.3 Å². The summed E-state index contributed by atoms with van der Waals surface area (Å²) in [5.74, 6) is -0.833. The highest BCUT2D eigenvalue weighted by molar-refractivity contribution is 7.14. The van der Waals surface area contributed by atoms with E-state index in [9.17, 15) is 5.11 Å². The minimum absolute atomic E-state index is 0.0163. The standard InChI is InChI=1S/C21H21NOS.C2H4O2/c23-13-4-3-10-21(15-16-7-11-22-12-8-16)18-6-2-1-5-17(18)20-19(21)9-14-24-20;1-2(3)4/h1-2,5-9,11-12,14,23H,3-4,10,13,15H2;1H3,(H,3,4). The molecule has 0 aliphatic heterocycles. The Bertz CT molecular complexity index is 918. The summed E-state index contributed by atoms with van der Waals surface area (Å²) in [5, 5.41) is 18.9. The van der Waals surface area contributed by atoms with E-state index >= 15 is 0 Å². The predicted molar refractivity (Wildman–Crippen MR) is 113 cm³/mol. The molecule has 146 valence electrons. The van der Waals surface area contributed by atoms with Crippen molar-refractivity contribution in [1.82, 2.24) is 4.98 Å². The lowest BCUT2D eigenvalue weighted by atomic mass is 9.71. The Morgan fingerprint density at radius 2 is 1.79 bits per heavy atom. The topological polar surface area (TPSA) is 70.4 Å². The molecule has 2 aromatic heterocycles. The number of carboxylic acid groups (broad SMARTS) is 1. The number of aliphatic carboxylic acids is 1. The van der Waals surface area contributed by atoms with Crippen molar-refractivity contribution in [2.24, 2.45) is 0 Å². The van der Waals surface area contributed by atoms with E-state index < -0.39 is 5.97 Å². The minimum atomic E-state index is -0.833. The first kappa shape index (κ1) is 20.2. The van der Waals surface area contributed by atoms with Crippen LogP contribution in [0.3, 0.4) is 0 Å². The zero-order valence-electron chi connectivity index (χ0n) is 16.0. The van der Waals surface area contributed by atoms with Crippen LogP contribution in [0.1, 0.15) is 42.9 Å². The van der Waals surface area contributed by atoms with Crippen LogP contribution in [0.4, 0.5) is 0 Å². The van der Waals surface area contributed by atoms with Gasteiger partial charge in [0.05, 0.1) is 0 Å². The molecule has 0 spiro atoms. The molecule has 1 unspecified atom stereocenters. The number of aromatic nitrogens is 1. The lowest BCUT2D eigenvalue weighted by molar-refractivity contribution is -0.134. The number of fused-ring (bicyclic) bond motifs is 3. The summed E-state index contributed by atoms with van der Waals surface area (Å²) < 4.78 is 0. The van der Waals surface area contributed by atoms with E-state index in [4.69, 9.17) is 9.90 Å². The Balaban J connectivity index is 0.000000516. The summed E-state index contributed by atoms with van der Waals surface area (Å²) in [6, 6.07) is 15.4. The SMILES string of the molecule is CC(=O)O.OCCCCC1(Cc2ccncc2)c2ccccc2-c2sccc21. The van der Waals surface area contributed by atoms with Gasteiger partial charge in [0, 0.05) is 36.2 Å². The molecule has 1 aliphatic carbocycles. The van der Waals surface area contributed by atoms with E-state index in [0.29, 0.717) is 0 Å². The quantitative estimate of drug-likeness (QED) is 0.582. The molecule has 0 radical (unpaired) electrons. The van der Waals surface area contributed by atoms with Gasteiger partial charge in [0.1, 0.15) is 0 Å². The number of aliphatic hydroxyl groups excluding tert-OH is 1. The van der Waals surface area contributed by atoms with E-state index in [1.807, 2.05) is 23.7 Å². The van der Waals surface area contributed by atoms with Gasteiger partial charge in [-0.2, -0.15) is 0 Å². The van der Waals surface area contributed by atoms with E-state index in [0.717, 1.165) is 32.6 Å². The number of benzene rings is 1. The normalized spacial score (nSPS) is 16.6. The molecular formula is C23H25NO3S. The maximum Gasteiger partial charge on any atom is 0.300 e. The lowest BCUT2D eigenvalue weighted by Gasteiger charge is -2.32. The van der Waals surface area contributed by atoms with Gasteiger partial charge in [0.2, 0.25) is 0 Å². The fourth-order valence-electron chi connectivity index (χ4n) is 4.07. The number of rotatable bonds is 6. The maximum atomic E-state index is 9.26. The highest BCUT2D eigenvalue weighted by Crippen LogP contribution is 2.55. The summed E-state index contributed by atoms with van der Waals surface area (Å²) in [4.78, 5) is 14.6. The smallest absolute Gasteiger partial charge is 0.300 e. The number of carboxylic acids is 1. The zero-order chi connectivity index (χ0) is 20.0. The third kappa shape index (κ3) is 4.16. The molecule has 0 saturated heterocycles. The average Bonchev–Trinajstić information content (AvgIpc) is 3.26. The molecule has 3 aromatic rings. The average molecular weight is 396 g/mol. The molecule has 1 aromatic carbocycles. The van der Waals surface area contributed by atoms with Crippen molar-refractivity contribution < 1.29 is 15.0 Å². The van der Waals surface area contributed by atoms with Gasteiger partial charge in [-0.05, 0) is 71.5 Å². The van der Waals surface area contributed by atoms with Crippen LogP contribution in [0.5, 0.6) is 0 Å². The Labute approximate surface area is 169 Å². The molecule has 2 heterocycles. The molecule has 0 amide bonds. The molecule has 4 nitrogen and oxygen atoms in total. The second-order valence-corrected chi connectivity index (χ2v) is 7.94. The molecule has 1 aliphatic rings. The van der Waals surface area contributed by atoms with Crippen LogP contribution in [0.25, 0.3) is 10.4 Å². The molecule has 4 rings (SSSR count). The van der Waals surface area contributed by atoms with E-state index in [1.54, 1.807) is 0 Å². The summed E-state index contributed by atoms with van der Waals surface area (Å²) >= 11 is 1.85. The Kier molecular flexibility index (Phi) is 6.60. The molecule has 28 heavy (non-hydrogen) atoms. The van der Waals surface area contributed by atoms with Gasteiger partial charge >= 0.3 is 0 Å². The van der Waals surface area contributed by atoms with E-state index in [-0.39, 0.29) is 12.0 Å². The van der Waals surface area contributed by atoms with Gasteiger partial charge in [0.15, 0.2) is 0 Å². The van der Waals surface area contributed by atoms with Crippen molar-refractivity contribution in [3.63, 3.8) is 0 Å². The number of thiophene rings is 1. The fourth-order valence-corrected chi connectivity index (χ4v) is 5.11. The number of nitrogens with zero attached hydrogens (tertiary/aromatic N) is 1. The molecule has 1 atom stereocenters. The highest BCUT2D eigenvalue weighted by Gasteiger charge is 2.43. The van der Waals surface area contributed by atoms with Crippen molar-refractivity contribution in [2.75, 3.05) is 6.61 Å². The predicted octanol–water partition coefficient (Wildman–Crippen LogP) is 4.91. The van der Waals surface area contributed by atoms with Crippen molar-refractivity contribution in [2.45, 2.75) is 38.0 Å². The van der Waals surface area contributed by atoms with Crippen molar-refractivity contribution in [1.29, 1.82) is 0 Å². The number of hydrogen-bond donors (Lipinski definition) is 2. The number of unbranched alkanes of at least 4 members (excludes halogenated alkanes) is 1. The molecule has 2 N–H and O–H groups in total. The molecule has 0 fully saturated rings. The first-order valence-corrected chi connectivity index (χ1v) is 10.3. The fraction of sp³-hybridized carbons (Fsp3) is 0.304. The van der Waals surface area contributed by atoms with Crippen molar-refractivity contribution in [3.8, 4) is 10.4 Å². The van der Waals surface area contributed by atoms with Crippen LogP contribution in [0, 0.1) is 0 Å². The summed E-state index contributed by atoms with van der Waals surface area (Å²) in [5.41, 5.74) is 5.64. The van der Waals surface area contributed by atoms with E-state index in [2.05, 4.69) is 52.8 Å². The van der Waals surface area contributed by atoms with Crippen LogP contribution >= 0.6 is 11.3 Å². The van der Waals surface area contributed by atoms with Gasteiger partial charge in [-0.3, -0.25) is 9.78 Å². The Hall–Kier alpha value is -2.50. The first-order valence-electron chi connectivity index (χ1n) is 9.45. The zero-order valence-corrected chi connectivity index (χ0v) is 16.8. The highest BCUT2D eigenvalue weighted by atomic mass is 32.1. The number of hydrogen-bond acceptors (Lipinski definition) is 4. The number of carbonyl (C=O) groups is 1. The van der Waals surface area contributed by atoms with Crippen LogP contribution in [-0.4, -0.2) is 27.8 Å². The second kappa shape index (κ2) is 9.13. The monoisotopic (exact) mass is 395 g/mol. The third-order valence-corrected chi connectivity index (χ3v) is 6.08. The van der Waals surface area contributed by atoms with Gasteiger partial charge in [0.25, 0.3) is 5.97 Å². The molecule has 0 saturated carbocycles. The third-order valence-electron chi connectivity index (χ3n) is 5.13. The van der Waals surface area contributed by atoms with Gasteiger partial charge in [-0.25, -0.2) is 0 Å². The molecule has 0 bridgehead atoms. The maximum absolute atomic E-state index is 9.26. The van der Waals surface area contributed by atoms with Crippen LogP contribution in [-0.2, 0) is 16.6 Å². The summed E-state index contributed by atoms with van der Waals surface area (Å²) in [6.45, 7) is 1.35.